The van der Waals surface area contributed by atoms with Crippen LogP contribution in [0.4, 0.5) is 10.1 Å². The van der Waals surface area contributed by atoms with Crippen molar-refractivity contribution in [2.24, 2.45) is 11.6 Å². The van der Waals surface area contributed by atoms with E-state index in [0.717, 1.165) is 41.7 Å². The second kappa shape index (κ2) is 10.4. The zero-order valence-corrected chi connectivity index (χ0v) is 23.4. The van der Waals surface area contributed by atoms with Crippen LogP contribution in [-0.2, 0) is 4.79 Å². The van der Waals surface area contributed by atoms with Gasteiger partial charge in [0.05, 0.1) is 33.4 Å². The first-order valence-electron chi connectivity index (χ1n) is 13.4. The molecule has 0 unspecified atom stereocenters. The number of rotatable bonds is 5. The zero-order valence-electron chi connectivity index (χ0n) is 22.6. The average Bonchev–Trinajstić information content (AvgIpc) is 3.24. The molecule has 8 nitrogen and oxygen atoms in total. The van der Waals surface area contributed by atoms with Gasteiger partial charge in [0.1, 0.15) is 11.6 Å². The number of fused-ring (bicyclic) bond motifs is 1. The van der Waals surface area contributed by atoms with Crippen molar-refractivity contribution in [3.63, 3.8) is 0 Å². The van der Waals surface area contributed by atoms with Crippen molar-refractivity contribution < 1.29 is 14.3 Å². The molecule has 1 atom stereocenters. The van der Waals surface area contributed by atoms with Gasteiger partial charge in [-0.3, -0.25) is 4.79 Å². The molecule has 2 fully saturated rings. The quantitative estimate of drug-likeness (QED) is 0.287. The number of imidazole rings is 1. The number of anilines is 1. The number of carbonyl (C=O) groups is 1. The molecule has 5 N–H and O–H groups in total. The summed E-state index contributed by atoms with van der Waals surface area (Å²) in [6.07, 6.45) is 4.75. The minimum absolute atomic E-state index is 0.0281. The van der Waals surface area contributed by atoms with Gasteiger partial charge in [-0.1, -0.05) is 17.7 Å². The summed E-state index contributed by atoms with van der Waals surface area (Å²) in [5, 5.41) is 12.1. The van der Waals surface area contributed by atoms with E-state index in [1.165, 1.54) is 17.1 Å². The zero-order chi connectivity index (χ0) is 28.1. The van der Waals surface area contributed by atoms with Gasteiger partial charge in [-0.15, -0.1) is 0 Å². The molecular formula is C29H36ClFN6O2. The Morgan fingerprint density at radius 3 is 2.56 bits per heavy atom. The average molecular weight is 555 g/mol. The number of allylic oxidation sites excluding steroid dienone is 1. The van der Waals surface area contributed by atoms with Crippen LogP contribution in [0.2, 0.25) is 5.02 Å². The highest BCUT2D eigenvalue weighted by atomic mass is 35.5. The highest BCUT2D eigenvalue weighted by Crippen LogP contribution is 2.43. The molecule has 2 heterocycles. The van der Waals surface area contributed by atoms with Gasteiger partial charge >= 0.3 is 0 Å². The van der Waals surface area contributed by atoms with Gasteiger partial charge in [0, 0.05) is 36.5 Å². The molecule has 1 aliphatic heterocycles. The van der Waals surface area contributed by atoms with Gasteiger partial charge in [0.25, 0.3) is 0 Å². The third kappa shape index (κ3) is 5.23. The molecule has 0 bridgehead atoms. The summed E-state index contributed by atoms with van der Waals surface area (Å²) in [5.41, 5.74) is 9.88. The number of hydrazine groups is 1. The number of halogens is 2. The first-order valence-corrected chi connectivity index (χ1v) is 13.8. The summed E-state index contributed by atoms with van der Waals surface area (Å²) in [4.78, 5) is 20.2. The molecule has 208 valence electrons. The van der Waals surface area contributed by atoms with E-state index in [1.807, 2.05) is 25.1 Å². The minimum Gasteiger partial charge on any atom is -0.401 e. The van der Waals surface area contributed by atoms with Crippen LogP contribution in [0.5, 0.6) is 0 Å². The number of benzene rings is 2. The number of aliphatic hydroxyl groups is 1. The third-order valence-electron chi connectivity index (χ3n) is 8.04. The lowest BCUT2D eigenvalue weighted by Crippen LogP contribution is -2.40. The Morgan fingerprint density at radius 1 is 1.21 bits per heavy atom. The van der Waals surface area contributed by atoms with Gasteiger partial charge in [-0.25, -0.2) is 15.2 Å². The molecule has 2 aromatic carbocycles. The van der Waals surface area contributed by atoms with Crippen LogP contribution in [0, 0.1) is 5.82 Å². The Balaban J connectivity index is 1.68. The second-order valence-corrected chi connectivity index (χ2v) is 11.6. The molecule has 0 radical (unpaired) electrons. The van der Waals surface area contributed by atoms with Crippen LogP contribution in [0.1, 0.15) is 82.3 Å². The fourth-order valence-electron chi connectivity index (χ4n) is 6.15. The molecule has 0 spiro atoms. The Morgan fingerprint density at radius 2 is 1.92 bits per heavy atom. The molecule has 1 aromatic heterocycles. The molecule has 1 saturated carbocycles. The van der Waals surface area contributed by atoms with Crippen molar-refractivity contribution in [3.05, 3.63) is 64.3 Å². The van der Waals surface area contributed by atoms with E-state index in [9.17, 15) is 14.3 Å². The number of carbonyl (C=O) groups excluding carboxylic acids is 1. The molecule has 5 rings (SSSR count). The minimum atomic E-state index is -0.692. The van der Waals surface area contributed by atoms with Crippen molar-refractivity contribution in [2.45, 2.75) is 76.5 Å². The number of piperidine rings is 1. The van der Waals surface area contributed by atoms with E-state index in [0.29, 0.717) is 42.8 Å². The smallest absolute Gasteiger partial charge is 0.227 e. The number of nitrogens with zero attached hydrogens (tertiary/aromatic N) is 4. The number of hydrogen-bond donors (Lipinski definition) is 3. The topological polar surface area (TPSA) is 114 Å². The van der Waals surface area contributed by atoms with Crippen LogP contribution < -0.4 is 16.5 Å². The predicted molar refractivity (Wildman–Crippen MR) is 152 cm³/mol. The Labute approximate surface area is 233 Å². The number of nitrogens with two attached hydrogens (primary N) is 2. The van der Waals surface area contributed by atoms with E-state index < -0.39 is 11.4 Å². The maximum Gasteiger partial charge on any atom is 0.227 e. The van der Waals surface area contributed by atoms with Crippen molar-refractivity contribution in [2.75, 3.05) is 11.9 Å². The summed E-state index contributed by atoms with van der Waals surface area (Å²) in [5.74, 6) is 6.29. The van der Waals surface area contributed by atoms with Crippen LogP contribution in [0.15, 0.2) is 42.1 Å². The van der Waals surface area contributed by atoms with E-state index in [-0.39, 0.29) is 23.0 Å². The number of aromatic nitrogens is 2. The maximum atomic E-state index is 14.0. The Kier molecular flexibility index (Phi) is 7.35. The predicted octanol–water partition coefficient (Wildman–Crippen LogP) is 5.41. The fraction of sp³-hybridized carbons (Fsp3) is 0.448. The summed E-state index contributed by atoms with van der Waals surface area (Å²) < 4.78 is 16.3. The highest BCUT2D eigenvalue weighted by molar-refractivity contribution is 6.31. The summed E-state index contributed by atoms with van der Waals surface area (Å²) in [7, 11) is 1.74. The van der Waals surface area contributed by atoms with Crippen LogP contribution >= 0.6 is 11.6 Å². The van der Waals surface area contributed by atoms with Crippen molar-refractivity contribution >= 4 is 39.9 Å². The lowest BCUT2D eigenvalue weighted by molar-refractivity contribution is -0.120. The van der Waals surface area contributed by atoms with Gasteiger partial charge in [0.2, 0.25) is 5.91 Å². The van der Waals surface area contributed by atoms with Crippen LogP contribution in [0.25, 0.3) is 16.7 Å². The van der Waals surface area contributed by atoms with E-state index in [1.54, 1.807) is 24.9 Å². The fourth-order valence-corrected chi connectivity index (χ4v) is 6.32. The Hall–Kier alpha value is -3.14. The van der Waals surface area contributed by atoms with Gasteiger partial charge in [-0.05, 0) is 82.7 Å². The molecule has 3 aromatic rings. The van der Waals surface area contributed by atoms with Gasteiger partial charge in [-0.2, -0.15) is 0 Å². The number of amides is 1. The molecule has 2 aliphatic rings. The SMILES string of the molecule is C/C(N)=C(\c1ccc2c(c1)nc([C@@H]1CCCC(=O)N1c1ccc(F)c(Cl)c1)n2C1CCC(C)(O)CC1)N(C)N. The van der Waals surface area contributed by atoms with E-state index in [2.05, 4.69) is 4.57 Å². The molecule has 1 saturated heterocycles. The monoisotopic (exact) mass is 554 g/mol. The highest BCUT2D eigenvalue weighted by Gasteiger charge is 2.37. The Bertz CT molecular complexity index is 1440. The first kappa shape index (κ1) is 27.4. The molecular weight excluding hydrogens is 519 g/mol. The number of hydrogen-bond acceptors (Lipinski definition) is 6. The maximum absolute atomic E-state index is 14.0. The van der Waals surface area contributed by atoms with E-state index in [4.69, 9.17) is 28.2 Å². The van der Waals surface area contributed by atoms with E-state index >= 15 is 0 Å². The van der Waals surface area contributed by atoms with Gasteiger partial charge < -0.3 is 25.3 Å². The lowest BCUT2D eigenvalue weighted by atomic mass is 9.83. The van der Waals surface area contributed by atoms with Gasteiger partial charge in [0.15, 0.2) is 0 Å². The van der Waals surface area contributed by atoms with Crippen LogP contribution in [-0.4, -0.2) is 38.2 Å². The third-order valence-corrected chi connectivity index (χ3v) is 8.33. The molecule has 10 heteroatoms. The second-order valence-electron chi connectivity index (χ2n) is 11.2. The lowest BCUT2D eigenvalue weighted by Gasteiger charge is -2.38. The molecule has 39 heavy (non-hydrogen) atoms. The molecule has 1 aliphatic carbocycles. The summed E-state index contributed by atoms with van der Waals surface area (Å²) >= 11 is 6.13. The normalized spacial score (nSPS) is 24.7. The summed E-state index contributed by atoms with van der Waals surface area (Å²) in [6.45, 7) is 3.69. The van der Waals surface area contributed by atoms with Crippen molar-refractivity contribution in [1.29, 1.82) is 0 Å². The largest absolute Gasteiger partial charge is 0.401 e. The first-order chi connectivity index (χ1) is 18.5. The van der Waals surface area contributed by atoms with Crippen molar-refractivity contribution in [1.82, 2.24) is 14.6 Å². The summed E-state index contributed by atoms with van der Waals surface area (Å²) in [6, 6.07) is 10.2. The standard InChI is InChI=1S/C29H36ClFN6O2/c1-17(32)27(35(3)33)18-7-10-24-23(15-18)34-28(37(24)19-11-13-29(2,39)14-12-19)25-5-4-6-26(38)36(25)20-8-9-22(31)21(30)16-20/h7-10,15-16,19,25,39H,4-6,11-14,32-33H2,1-3H3/b27-17-/t19?,25-,29?/m0/s1. The molecule has 1 amide bonds. The van der Waals surface area contributed by atoms with Crippen molar-refractivity contribution in [3.8, 4) is 0 Å². The van der Waals surface area contributed by atoms with Crippen LogP contribution in [0.3, 0.4) is 0 Å².